The van der Waals surface area contributed by atoms with Gasteiger partial charge in [-0.2, -0.15) is 0 Å². The van der Waals surface area contributed by atoms with Crippen LogP contribution in [0.4, 0.5) is 0 Å². The van der Waals surface area contributed by atoms with E-state index in [0.29, 0.717) is 0 Å². The summed E-state index contributed by atoms with van der Waals surface area (Å²) in [4.78, 5) is 18.0. The highest BCUT2D eigenvalue weighted by Crippen LogP contribution is 2.40. The van der Waals surface area contributed by atoms with Gasteiger partial charge in [-0.25, -0.2) is 0 Å². The van der Waals surface area contributed by atoms with Gasteiger partial charge in [-0.3, -0.25) is 0 Å². The summed E-state index contributed by atoms with van der Waals surface area (Å²) in [6, 6.07) is 9.37. The van der Waals surface area contributed by atoms with Crippen molar-refractivity contribution in [1.29, 1.82) is 0 Å². The van der Waals surface area contributed by atoms with Crippen LogP contribution in [0.1, 0.15) is 11.3 Å². The van der Waals surface area contributed by atoms with Gasteiger partial charge in [-0.1, -0.05) is 30.3 Å². The third-order valence-electron chi connectivity index (χ3n) is 1.62. The van der Waals surface area contributed by atoms with Crippen molar-refractivity contribution < 1.29 is 9.79 Å². The molecule has 0 saturated heterocycles. The Balaban J connectivity index is 2.80. The normalized spacial score (nSPS) is 13.3. The molecular weight excluding hydrogens is 173 g/mol. The molecule has 1 aromatic carbocycles. The summed E-state index contributed by atoms with van der Waals surface area (Å²) in [5, 5.41) is 2.85. The lowest BCUT2D eigenvalue weighted by Gasteiger charge is -2.16. The lowest BCUT2D eigenvalue weighted by atomic mass is 10.2. The summed E-state index contributed by atoms with van der Waals surface area (Å²) in [7, 11) is -0.244. The number of rotatable bonds is 3. The first-order valence-electron chi connectivity index (χ1n) is 3.65. The van der Waals surface area contributed by atoms with E-state index >= 15 is 0 Å². The largest absolute Gasteiger partial charge is 0.349 e. The fraction of sp³-hybridized carbons (Fsp3) is 0.250. The Kier molecular flexibility index (Phi) is 3.63. The third kappa shape index (κ3) is 2.26. The Hall–Kier alpha value is -0.470. The minimum absolute atomic E-state index is 0.346. The van der Waals surface area contributed by atoms with E-state index in [1.165, 1.54) is 0 Å². The molecule has 0 aliphatic rings. The van der Waals surface area contributed by atoms with Gasteiger partial charge in [0.1, 0.15) is 5.78 Å². The van der Waals surface area contributed by atoms with Gasteiger partial charge in [0.2, 0.25) is 0 Å². The Labute approximate surface area is 73.0 Å². The van der Waals surface area contributed by atoms with E-state index in [4.69, 9.17) is 9.79 Å². The zero-order valence-electron chi connectivity index (χ0n) is 6.81. The second-order valence-electron chi connectivity index (χ2n) is 2.42. The highest BCUT2D eigenvalue weighted by Gasteiger charge is 2.16. The Morgan fingerprint density at radius 3 is 2.25 bits per heavy atom. The standard InChI is InChI=1S/C8H12NO2P/c1-9-8(12(10)11)7-5-3-2-4-6-7/h2-6,8-11H,1H3. The number of hydrogen-bond acceptors (Lipinski definition) is 3. The van der Waals surface area contributed by atoms with Gasteiger partial charge in [0.05, 0.1) is 0 Å². The molecule has 4 heteroatoms. The van der Waals surface area contributed by atoms with Gasteiger partial charge >= 0.3 is 0 Å². The summed E-state index contributed by atoms with van der Waals surface area (Å²) >= 11 is 0. The van der Waals surface area contributed by atoms with Crippen molar-refractivity contribution in [1.82, 2.24) is 5.32 Å². The number of nitrogens with one attached hydrogen (secondary N) is 1. The van der Waals surface area contributed by atoms with E-state index in [1.807, 2.05) is 30.3 Å². The van der Waals surface area contributed by atoms with Crippen LogP contribution in [0, 0.1) is 0 Å². The van der Waals surface area contributed by atoms with Crippen LogP contribution < -0.4 is 5.32 Å². The Morgan fingerprint density at radius 2 is 1.83 bits per heavy atom. The molecule has 0 aromatic heterocycles. The molecule has 0 amide bonds. The van der Waals surface area contributed by atoms with E-state index in [2.05, 4.69) is 5.32 Å². The second kappa shape index (κ2) is 4.53. The zero-order chi connectivity index (χ0) is 8.97. The minimum atomic E-state index is -1.95. The van der Waals surface area contributed by atoms with Crippen LogP contribution in [-0.4, -0.2) is 16.8 Å². The first-order valence-corrected chi connectivity index (χ1v) is 4.96. The van der Waals surface area contributed by atoms with Crippen molar-refractivity contribution in [2.45, 2.75) is 5.78 Å². The highest BCUT2D eigenvalue weighted by atomic mass is 31.2. The average Bonchev–Trinajstić information content (AvgIpc) is 2.07. The molecule has 1 atom stereocenters. The molecule has 1 aromatic rings. The molecule has 0 radical (unpaired) electrons. The third-order valence-corrected chi connectivity index (χ3v) is 2.64. The first kappa shape index (κ1) is 9.62. The predicted molar refractivity (Wildman–Crippen MR) is 49.6 cm³/mol. The van der Waals surface area contributed by atoms with Crippen molar-refractivity contribution in [2.24, 2.45) is 0 Å². The average molecular weight is 185 g/mol. The van der Waals surface area contributed by atoms with Crippen molar-refractivity contribution in [3.8, 4) is 0 Å². The van der Waals surface area contributed by atoms with Gasteiger partial charge in [0, 0.05) is 0 Å². The van der Waals surface area contributed by atoms with Crippen molar-refractivity contribution in [3.05, 3.63) is 35.9 Å². The van der Waals surface area contributed by atoms with E-state index in [0.717, 1.165) is 5.56 Å². The molecule has 12 heavy (non-hydrogen) atoms. The topological polar surface area (TPSA) is 52.5 Å². The minimum Gasteiger partial charge on any atom is -0.349 e. The van der Waals surface area contributed by atoms with Gasteiger partial charge < -0.3 is 15.1 Å². The van der Waals surface area contributed by atoms with Crippen molar-refractivity contribution in [2.75, 3.05) is 7.05 Å². The molecule has 0 aliphatic carbocycles. The van der Waals surface area contributed by atoms with E-state index in [-0.39, 0.29) is 5.78 Å². The van der Waals surface area contributed by atoms with Crippen molar-refractivity contribution >= 4 is 8.38 Å². The SMILES string of the molecule is CNC(c1ccccc1)P(O)O. The summed E-state index contributed by atoms with van der Waals surface area (Å²) in [5.74, 6) is -0.346. The van der Waals surface area contributed by atoms with E-state index < -0.39 is 8.38 Å². The van der Waals surface area contributed by atoms with Gasteiger partial charge in [0.25, 0.3) is 0 Å². The summed E-state index contributed by atoms with van der Waals surface area (Å²) < 4.78 is 0. The molecular formula is C8H12NO2P. The number of hydrogen-bond donors (Lipinski definition) is 3. The molecule has 1 unspecified atom stereocenters. The predicted octanol–water partition coefficient (Wildman–Crippen LogP) is 1.20. The van der Waals surface area contributed by atoms with E-state index in [1.54, 1.807) is 7.05 Å². The van der Waals surface area contributed by atoms with Crippen LogP contribution >= 0.6 is 8.38 Å². The van der Waals surface area contributed by atoms with Crippen LogP contribution in [0.3, 0.4) is 0 Å². The summed E-state index contributed by atoms with van der Waals surface area (Å²) in [6.07, 6.45) is 0. The lowest BCUT2D eigenvalue weighted by molar-refractivity contribution is 0.456. The summed E-state index contributed by atoms with van der Waals surface area (Å²) in [5.41, 5.74) is 0.899. The smallest absolute Gasteiger partial charge is 0.188 e. The highest BCUT2D eigenvalue weighted by molar-refractivity contribution is 7.45. The van der Waals surface area contributed by atoms with Crippen LogP contribution in [0.2, 0.25) is 0 Å². The molecule has 0 spiro atoms. The van der Waals surface area contributed by atoms with Crippen molar-refractivity contribution in [3.63, 3.8) is 0 Å². The van der Waals surface area contributed by atoms with Crippen LogP contribution in [0.15, 0.2) is 30.3 Å². The van der Waals surface area contributed by atoms with E-state index in [9.17, 15) is 0 Å². The van der Waals surface area contributed by atoms with Crippen LogP contribution in [0.5, 0.6) is 0 Å². The molecule has 0 aliphatic heterocycles. The molecule has 0 saturated carbocycles. The number of benzene rings is 1. The molecule has 66 valence electrons. The van der Waals surface area contributed by atoms with Crippen LogP contribution in [-0.2, 0) is 0 Å². The van der Waals surface area contributed by atoms with Gasteiger partial charge in [-0.05, 0) is 12.6 Å². The molecule has 0 fully saturated rings. The fourth-order valence-corrected chi connectivity index (χ4v) is 1.72. The molecule has 3 N–H and O–H groups in total. The fourth-order valence-electron chi connectivity index (χ4n) is 1.05. The monoisotopic (exact) mass is 185 g/mol. The quantitative estimate of drug-likeness (QED) is 0.620. The lowest BCUT2D eigenvalue weighted by Crippen LogP contribution is -2.14. The first-order chi connectivity index (χ1) is 5.75. The molecule has 1 rings (SSSR count). The maximum absolute atomic E-state index is 9.02. The maximum atomic E-state index is 9.02. The summed E-state index contributed by atoms with van der Waals surface area (Å²) in [6.45, 7) is 0. The Bertz CT molecular complexity index is 228. The van der Waals surface area contributed by atoms with Gasteiger partial charge in [-0.15, -0.1) is 0 Å². The second-order valence-corrected chi connectivity index (χ2v) is 3.58. The Morgan fingerprint density at radius 1 is 1.25 bits per heavy atom. The zero-order valence-corrected chi connectivity index (χ0v) is 7.70. The maximum Gasteiger partial charge on any atom is 0.188 e. The molecule has 3 nitrogen and oxygen atoms in total. The molecule has 0 bridgehead atoms. The van der Waals surface area contributed by atoms with Gasteiger partial charge in [0.15, 0.2) is 8.38 Å². The molecule has 0 heterocycles. The van der Waals surface area contributed by atoms with Crippen LogP contribution in [0.25, 0.3) is 0 Å².